The zero-order valence-electron chi connectivity index (χ0n) is 58.9. The van der Waals surface area contributed by atoms with Gasteiger partial charge in [0.2, 0.25) is 5.91 Å². The molecule has 2 rings (SSSR count). The second kappa shape index (κ2) is 62.0. The summed E-state index contributed by atoms with van der Waals surface area (Å²) >= 11 is 0. The SMILES string of the molecule is CCCCCCC/C=C\C/C=C\CCCCCCCCCCCCCCCCCCCCCC(=O)NC(COC1OC(CO)C(OC2OC(CO)C(O)C(O)C2O)C(O)C1O)C(O)CCCCCCCCCCCCCCCCCCCCCCCCCCCC. The van der Waals surface area contributed by atoms with Crippen LogP contribution in [0.4, 0.5) is 0 Å². The minimum absolute atomic E-state index is 0.198. The summed E-state index contributed by atoms with van der Waals surface area (Å²) < 4.78 is 23.0. The number of carbonyl (C=O) groups is 1. The van der Waals surface area contributed by atoms with E-state index in [1.54, 1.807) is 0 Å². The minimum atomic E-state index is -1.78. The lowest BCUT2D eigenvalue weighted by Gasteiger charge is -2.46. The van der Waals surface area contributed by atoms with Crippen LogP contribution in [0.2, 0.25) is 0 Å². The first-order valence-corrected chi connectivity index (χ1v) is 39.1. The Hall–Kier alpha value is -1.53. The summed E-state index contributed by atoms with van der Waals surface area (Å²) in [6, 6.07) is -0.828. The lowest BCUT2D eigenvalue weighted by molar-refractivity contribution is -0.359. The van der Waals surface area contributed by atoms with Crippen molar-refractivity contribution in [3.05, 3.63) is 24.3 Å². The monoisotopic (exact) mass is 1290 g/mol. The Balaban J connectivity index is 1.62. The molecule has 0 aromatic carbocycles. The highest BCUT2D eigenvalue weighted by molar-refractivity contribution is 5.76. The van der Waals surface area contributed by atoms with Gasteiger partial charge >= 0.3 is 0 Å². The van der Waals surface area contributed by atoms with Gasteiger partial charge in [-0.25, -0.2) is 0 Å². The van der Waals surface area contributed by atoms with E-state index in [1.165, 1.54) is 283 Å². The number of hydrogen-bond acceptors (Lipinski definition) is 13. The summed E-state index contributed by atoms with van der Waals surface area (Å²) in [5.74, 6) is -0.198. The molecule has 14 nitrogen and oxygen atoms in total. The predicted octanol–water partition coefficient (Wildman–Crippen LogP) is 17.1. The number of unbranched alkanes of at least 4 members (excludes halogenated alkanes) is 49. The van der Waals surface area contributed by atoms with Gasteiger partial charge in [0.05, 0.1) is 32.0 Å². The van der Waals surface area contributed by atoms with Crippen molar-refractivity contribution < 1.29 is 64.6 Å². The first kappa shape index (κ1) is 85.6. The van der Waals surface area contributed by atoms with Crippen LogP contribution in [0, 0.1) is 0 Å². The molecular formula is C77H147NO13. The zero-order valence-corrected chi connectivity index (χ0v) is 58.9. The molecule has 0 aromatic heterocycles. The van der Waals surface area contributed by atoms with Crippen LogP contribution in [0.25, 0.3) is 0 Å². The smallest absolute Gasteiger partial charge is 0.220 e. The number of ether oxygens (including phenoxy) is 4. The van der Waals surface area contributed by atoms with E-state index in [1.807, 2.05) is 0 Å². The van der Waals surface area contributed by atoms with E-state index in [0.29, 0.717) is 12.8 Å². The second-order valence-electron chi connectivity index (χ2n) is 27.8. The van der Waals surface area contributed by atoms with E-state index in [0.717, 1.165) is 57.8 Å². The maximum absolute atomic E-state index is 13.4. The molecule has 12 unspecified atom stereocenters. The first-order chi connectivity index (χ1) is 44.6. The topological polar surface area (TPSA) is 228 Å². The van der Waals surface area contributed by atoms with Crippen molar-refractivity contribution in [3.63, 3.8) is 0 Å². The Morgan fingerprint density at radius 1 is 0.396 bits per heavy atom. The van der Waals surface area contributed by atoms with Crippen LogP contribution in [0.3, 0.4) is 0 Å². The molecule has 0 aromatic rings. The Kier molecular flexibility index (Phi) is 58.3. The third-order valence-corrected chi connectivity index (χ3v) is 19.4. The summed E-state index contributed by atoms with van der Waals surface area (Å²) in [5.41, 5.74) is 0. The maximum atomic E-state index is 13.4. The van der Waals surface area contributed by atoms with Crippen molar-refractivity contribution in [2.75, 3.05) is 19.8 Å². The highest BCUT2D eigenvalue weighted by Crippen LogP contribution is 2.30. The Morgan fingerprint density at radius 2 is 0.725 bits per heavy atom. The van der Waals surface area contributed by atoms with Gasteiger partial charge in [-0.3, -0.25) is 4.79 Å². The van der Waals surface area contributed by atoms with Gasteiger partial charge in [0.1, 0.15) is 48.8 Å². The van der Waals surface area contributed by atoms with Gasteiger partial charge in [-0.15, -0.1) is 0 Å². The Labute approximate surface area is 558 Å². The van der Waals surface area contributed by atoms with E-state index in [4.69, 9.17) is 18.9 Å². The van der Waals surface area contributed by atoms with Gasteiger partial charge in [0, 0.05) is 6.42 Å². The van der Waals surface area contributed by atoms with Crippen molar-refractivity contribution in [1.29, 1.82) is 0 Å². The zero-order chi connectivity index (χ0) is 65.9. The molecule has 1 amide bonds. The van der Waals surface area contributed by atoms with E-state index >= 15 is 0 Å². The van der Waals surface area contributed by atoms with Gasteiger partial charge in [0.15, 0.2) is 12.6 Å². The van der Waals surface area contributed by atoms with Gasteiger partial charge < -0.3 is 65.1 Å². The van der Waals surface area contributed by atoms with Crippen molar-refractivity contribution in [2.24, 2.45) is 0 Å². The number of carbonyl (C=O) groups excluding carboxylic acids is 1. The van der Waals surface area contributed by atoms with Crippen molar-refractivity contribution in [3.8, 4) is 0 Å². The number of amides is 1. The fraction of sp³-hybridized carbons (Fsp3) is 0.935. The lowest BCUT2D eigenvalue weighted by atomic mass is 9.97. The number of rotatable bonds is 66. The summed E-state index contributed by atoms with van der Waals surface area (Å²) in [7, 11) is 0. The molecule has 0 spiro atoms. The minimum Gasteiger partial charge on any atom is -0.394 e. The molecule has 2 fully saturated rings. The number of hydrogen-bond donors (Lipinski definition) is 9. The van der Waals surface area contributed by atoms with Gasteiger partial charge in [-0.05, 0) is 44.9 Å². The van der Waals surface area contributed by atoms with Crippen molar-refractivity contribution >= 4 is 5.91 Å². The van der Waals surface area contributed by atoms with E-state index < -0.39 is 86.8 Å². The summed E-state index contributed by atoms with van der Waals surface area (Å²) in [6.07, 6.45) is 62.1. The van der Waals surface area contributed by atoms with Crippen LogP contribution >= 0.6 is 0 Å². The van der Waals surface area contributed by atoms with Crippen LogP contribution in [-0.4, -0.2) is 140 Å². The lowest BCUT2D eigenvalue weighted by Crippen LogP contribution is -2.65. The molecule has 2 saturated heterocycles. The van der Waals surface area contributed by atoms with Crippen molar-refractivity contribution in [2.45, 2.75) is 441 Å². The number of allylic oxidation sites excluding steroid dienone is 4. The average Bonchev–Trinajstić information content (AvgIpc) is 1.25. The molecular weight excluding hydrogens is 1150 g/mol. The van der Waals surface area contributed by atoms with Crippen LogP contribution in [0.15, 0.2) is 24.3 Å². The Bertz CT molecular complexity index is 1620. The molecule has 14 heteroatoms. The van der Waals surface area contributed by atoms with E-state index in [-0.39, 0.29) is 12.5 Å². The average molecular weight is 1300 g/mol. The normalized spacial score (nSPS) is 22.8. The standard InChI is InChI=1S/C77H147NO13/c1-3-5-7-9-11-13-15-17-19-21-23-25-27-29-31-32-33-34-35-37-39-41-43-45-47-49-51-53-55-57-59-61-69(82)78-65(64-88-76-74(87)72(85)75(68(63-80)90-76)91-77-73(86)71(84)70(83)67(62-79)89-77)66(81)60-58-56-54-52-50-48-46-44-42-40-38-36-30-28-26-24-22-20-18-16-14-12-10-8-6-4-2/h15,17,21,23,65-68,70-77,79-81,83-87H,3-14,16,18-20,22,24-64H2,1-2H3,(H,78,82)/b17-15-,23-21-. The van der Waals surface area contributed by atoms with E-state index in [9.17, 15) is 45.6 Å². The molecule has 2 aliphatic rings. The maximum Gasteiger partial charge on any atom is 0.220 e. The van der Waals surface area contributed by atoms with Gasteiger partial charge in [-0.2, -0.15) is 0 Å². The number of aliphatic hydroxyl groups is 8. The molecule has 9 N–H and O–H groups in total. The molecule has 0 saturated carbocycles. The van der Waals surface area contributed by atoms with Crippen LogP contribution in [0.5, 0.6) is 0 Å². The second-order valence-corrected chi connectivity index (χ2v) is 27.8. The predicted molar refractivity (Wildman–Crippen MR) is 374 cm³/mol. The third-order valence-electron chi connectivity index (χ3n) is 19.4. The fourth-order valence-electron chi connectivity index (χ4n) is 13.2. The first-order valence-electron chi connectivity index (χ1n) is 39.1. The summed E-state index contributed by atoms with van der Waals surface area (Å²) in [6.45, 7) is 2.92. The summed E-state index contributed by atoms with van der Waals surface area (Å²) in [5, 5.41) is 87.8. The Morgan fingerprint density at radius 3 is 1.10 bits per heavy atom. The quantitative estimate of drug-likeness (QED) is 0.0204. The third kappa shape index (κ3) is 45.6. The van der Waals surface area contributed by atoms with Gasteiger partial charge in [0.25, 0.3) is 0 Å². The van der Waals surface area contributed by atoms with Gasteiger partial charge in [-0.1, -0.05) is 340 Å². The molecule has 12 atom stereocenters. The van der Waals surface area contributed by atoms with Crippen LogP contribution < -0.4 is 5.32 Å². The number of aliphatic hydroxyl groups excluding tert-OH is 8. The highest BCUT2D eigenvalue weighted by Gasteiger charge is 2.51. The van der Waals surface area contributed by atoms with Crippen LogP contribution in [-0.2, 0) is 23.7 Å². The summed E-state index contributed by atoms with van der Waals surface area (Å²) in [4.78, 5) is 13.4. The molecule has 0 bridgehead atoms. The molecule has 91 heavy (non-hydrogen) atoms. The molecule has 2 aliphatic heterocycles. The highest BCUT2D eigenvalue weighted by atomic mass is 16.7. The fourth-order valence-corrected chi connectivity index (χ4v) is 13.2. The molecule has 2 heterocycles. The molecule has 0 aliphatic carbocycles. The van der Waals surface area contributed by atoms with E-state index in [2.05, 4.69) is 43.5 Å². The number of nitrogens with one attached hydrogen (secondary N) is 1. The largest absolute Gasteiger partial charge is 0.394 e. The van der Waals surface area contributed by atoms with Crippen molar-refractivity contribution in [1.82, 2.24) is 5.32 Å². The van der Waals surface area contributed by atoms with Crippen LogP contribution in [0.1, 0.15) is 367 Å². The molecule has 538 valence electrons. The molecule has 0 radical (unpaired) electrons.